The lowest BCUT2D eigenvalue weighted by atomic mass is 9.94. The molecule has 0 bridgehead atoms. The highest BCUT2D eigenvalue weighted by molar-refractivity contribution is 5.77. The first-order valence-electron chi connectivity index (χ1n) is 9.63. The van der Waals surface area contributed by atoms with Crippen molar-refractivity contribution >= 4 is 5.91 Å². The molecule has 1 aromatic carbocycles. The summed E-state index contributed by atoms with van der Waals surface area (Å²) in [5.41, 5.74) is 5.03. The van der Waals surface area contributed by atoms with E-state index in [-0.39, 0.29) is 6.04 Å². The van der Waals surface area contributed by atoms with Gasteiger partial charge >= 0.3 is 0 Å². The fourth-order valence-electron chi connectivity index (χ4n) is 3.96. The molecule has 3 heteroatoms. The molecule has 0 saturated carbocycles. The first kappa shape index (κ1) is 17.8. The van der Waals surface area contributed by atoms with E-state index in [0.29, 0.717) is 12.3 Å². The summed E-state index contributed by atoms with van der Waals surface area (Å²) >= 11 is 0. The van der Waals surface area contributed by atoms with Gasteiger partial charge in [0.25, 0.3) is 0 Å². The zero-order valence-corrected chi connectivity index (χ0v) is 15.8. The lowest BCUT2D eigenvalue weighted by Crippen LogP contribution is -2.42. The van der Waals surface area contributed by atoms with Gasteiger partial charge in [-0.1, -0.05) is 49.9 Å². The fraction of sp³-hybridized carbons (Fsp3) is 0.500. The second-order valence-electron chi connectivity index (χ2n) is 7.29. The van der Waals surface area contributed by atoms with Crippen molar-refractivity contribution in [2.45, 2.75) is 65.5 Å². The summed E-state index contributed by atoms with van der Waals surface area (Å²) in [6, 6.07) is 10.9. The van der Waals surface area contributed by atoms with E-state index in [0.717, 1.165) is 25.9 Å². The molecule has 0 fully saturated rings. The molecule has 25 heavy (non-hydrogen) atoms. The number of benzene rings is 1. The number of rotatable bonds is 6. The highest BCUT2D eigenvalue weighted by Crippen LogP contribution is 2.35. The number of carbonyl (C=O) groups is 1. The van der Waals surface area contributed by atoms with Gasteiger partial charge in [-0.25, -0.2) is 0 Å². The second kappa shape index (κ2) is 7.90. The van der Waals surface area contributed by atoms with Gasteiger partial charge < -0.3 is 9.47 Å². The Kier molecular flexibility index (Phi) is 5.62. The zero-order valence-electron chi connectivity index (χ0n) is 15.8. The largest absolute Gasteiger partial charge is 0.348 e. The molecule has 0 saturated heterocycles. The average Bonchev–Trinajstić information content (AvgIpc) is 3.07. The predicted octanol–water partition coefficient (Wildman–Crippen LogP) is 5.01. The minimum absolute atomic E-state index is 0.0445. The van der Waals surface area contributed by atoms with Gasteiger partial charge in [0, 0.05) is 31.4 Å². The van der Waals surface area contributed by atoms with Gasteiger partial charge in [0.05, 0.1) is 6.04 Å². The molecule has 1 amide bonds. The van der Waals surface area contributed by atoms with Crippen molar-refractivity contribution in [2.24, 2.45) is 0 Å². The van der Waals surface area contributed by atoms with Crippen molar-refractivity contribution in [3.8, 4) is 0 Å². The Hall–Kier alpha value is -2.03. The van der Waals surface area contributed by atoms with Crippen molar-refractivity contribution in [3.63, 3.8) is 0 Å². The molecule has 134 valence electrons. The lowest BCUT2D eigenvalue weighted by Gasteiger charge is -2.38. The molecule has 3 nitrogen and oxygen atoms in total. The third-order valence-corrected chi connectivity index (χ3v) is 5.32. The molecule has 2 heterocycles. The third-order valence-electron chi connectivity index (χ3n) is 5.32. The normalized spacial score (nSPS) is 16.8. The lowest BCUT2D eigenvalue weighted by molar-refractivity contribution is -0.134. The Labute approximate surface area is 151 Å². The van der Waals surface area contributed by atoms with Crippen LogP contribution in [0.15, 0.2) is 36.5 Å². The Morgan fingerprint density at radius 3 is 2.72 bits per heavy atom. The van der Waals surface area contributed by atoms with Crippen LogP contribution in [0, 0.1) is 13.8 Å². The minimum atomic E-state index is 0.0445. The van der Waals surface area contributed by atoms with Gasteiger partial charge in [-0.3, -0.25) is 4.79 Å². The average molecular weight is 338 g/mol. The van der Waals surface area contributed by atoms with Gasteiger partial charge in [-0.15, -0.1) is 0 Å². The zero-order chi connectivity index (χ0) is 17.8. The predicted molar refractivity (Wildman–Crippen MR) is 103 cm³/mol. The van der Waals surface area contributed by atoms with Gasteiger partial charge in [0.15, 0.2) is 0 Å². The first-order chi connectivity index (χ1) is 12.1. The van der Waals surface area contributed by atoms with E-state index < -0.39 is 0 Å². The number of aromatic nitrogens is 1. The van der Waals surface area contributed by atoms with Crippen molar-refractivity contribution in [2.75, 3.05) is 6.54 Å². The number of aryl methyl sites for hydroxylation is 2. The van der Waals surface area contributed by atoms with Crippen molar-refractivity contribution < 1.29 is 4.79 Å². The summed E-state index contributed by atoms with van der Waals surface area (Å²) in [6.45, 7) is 8.18. The summed E-state index contributed by atoms with van der Waals surface area (Å²) in [5.74, 6) is 0.300. The second-order valence-corrected chi connectivity index (χ2v) is 7.29. The molecule has 0 spiro atoms. The maximum Gasteiger partial charge on any atom is 0.223 e. The summed E-state index contributed by atoms with van der Waals surface area (Å²) in [5, 5.41) is 0. The molecular weight excluding hydrogens is 308 g/mol. The van der Waals surface area contributed by atoms with E-state index in [9.17, 15) is 4.79 Å². The number of hydrogen-bond donors (Lipinski definition) is 0. The Morgan fingerprint density at radius 1 is 1.12 bits per heavy atom. The number of amides is 1. The van der Waals surface area contributed by atoms with E-state index in [1.807, 2.05) is 0 Å². The topological polar surface area (TPSA) is 25.2 Å². The molecule has 1 aliphatic heterocycles. The molecule has 2 aromatic rings. The Morgan fingerprint density at radius 2 is 1.96 bits per heavy atom. The third kappa shape index (κ3) is 3.81. The number of hydrogen-bond acceptors (Lipinski definition) is 1. The van der Waals surface area contributed by atoms with Crippen LogP contribution in [-0.4, -0.2) is 21.9 Å². The quantitative estimate of drug-likeness (QED) is 0.680. The van der Waals surface area contributed by atoms with Crippen LogP contribution < -0.4 is 0 Å². The van der Waals surface area contributed by atoms with Gasteiger partial charge in [0.2, 0.25) is 5.91 Å². The Bertz CT molecular complexity index is 731. The van der Waals surface area contributed by atoms with Crippen molar-refractivity contribution in [3.05, 3.63) is 58.9 Å². The highest BCUT2D eigenvalue weighted by atomic mass is 16.2. The standard InChI is InChI=1S/C22H30N2O/c1-4-5-6-7-10-21(25)24-15-14-23-13-8-9-20(23)22(24)19-12-11-17(2)16-18(19)3/h8-9,11-13,16,22H,4-7,10,14-15H2,1-3H3. The molecule has 3 rings (SSSR count). The summed E-state index contributed by atoms with van der Waals surface area (Å²) in [4.78, 5) is 15.1. The van der Waals surface area contributed by atoms with E-state index in [4.69, 9.17) is 0 Å². The minimum Gasteiger partial charge on any atom is -0.348 e. The molecule has 1 aliphatic rings. The summed E-state index contributed by atoms with van der Waals surface area (Å²) in [7, 11) is 0. The molecule has 1 aromatic heterocycles. The number of carbonyl (C=O) groups excluding carboxylic acids is 1. The van der Waals surface area contributed by atoms with Crippen molar-refractivity contribution in [1.82, 2.24) is 9.47 Å². The van der Waals surface area contributed by atoms with Gasteiger partial charge in [-0.2, -0.15) is 0 Å². The Balaban J connectivity index is 1.88. The molecule has 0 aliphatic carbocycles. The maximum absolute atomic E-state index is 13.0. The molecule has 1 atom stereocenters. The van der Waals surface area contributed by atoms with Crippen LogP contribution in [-0.2, 0) is 11.3 Å². The van der Waals surface area contributed by atoms with Gasteiger partial charge in [-0.05, 0) is 43.5 Å². The summed E-state index contributed by atoms with van der Waals surface area (Å²) in [6.07, 6.45) is 7.38. The van der Waals surface area contributed by atoms with Crippen LogP contribution in [0.4, 0.5) is 0 Å². The van der Waals surface area contributed by atoms with Crippen LogP contribution >= 0.6 is 0 Å². The van der Waals surface area contributed by atoms with Crippen LogP contribution in [0.3, 0.4) is 0 Å². The van der Waals surface area contributed by atoms with E-state index >= 15 is 0 Å². The molecule has 1 unspecified atom stereocenters. The van der Waals surface area contributed by atoms with Crippen LogP contribution in [0.5, 0.6) is 0 Å². The van der Waals surface area contributed by atoms with Crippen LogP contribution in [0.25, 0.3) is 0 Å². The smallest absolute Gasteiger partial charge is 0.223 e. The molecule has 0 N–H and O–H groups in total. The molecular formula is C22H30N2O. The van der Waals surface area contributed by atoms with E-state index in [2.05, 4.69) is 66.8 Å². The van der Waals surface area contributed by atoms with Crippen molar-refractivity contribution in [1.29, 1.82) is 0 Å². The maximum atomic E-state index is 13.0. The number of unbranched alkanes of at least 4 members (excludes halogenated alkanes) is 3. The van der Waals surface area contributed by atoms with Crippen LogP contribution in [0.2, 0.25) is 0 Å². The van der Waals surface area contributed by atoms with Gasteiger partial charge in [0.1, 0.15) is 0 Å². The first-order valence-corrected chi connectivity index (χ1v) is 9.63. The monoisotopic (exact) mass is 338 g/mol. The van der Waals surface area contributed by atoms with E-state index in [1.54, 1.807) is 0 Å². The fourth-order valence-corrected chi connectivity index (χ4v) is 3.96. The van der Waals surface area contributed by atoms with Crippen LogP contribution in [0.1, 0.15) is 67.5 Å². The highest BCUT2D eigenvalue weighted by Gasteiger charge is 2.32. The number of nitrogens with zero attached hydrogens (tertiary/aromatic N) is 2. The molecule has 0 radical (unpaired) electrons. The number of fused-ring (bicyclic) bond motifs is 1. The SMILES string of the molecule is CCCCCCC(=O)N1CCn2cccc2C1c1ccc(C)cc1C. The van der Waals surface area contributed by atoms with E-state index in [1.165, 1.54) is 35.2 Å². The summed E-state index contributed by atoms with van der Waals surface area (Å²) < 4.78 is 2.30.